The minimum absolute atomic E-state index is 0.112. The second-order valence-corrected chi connectivity index (χ2v) is 12.8. The molecule has 1 fully saturated rings. The molecule has 2 amide bonds. The Kier molecular flexibility index (Phi) is 10.4. The van der Waals surface area contributed by atoms with Gasteiger partial charge in [0.2, 0.25) is 5.91 Å². The highest BCUT2D eigenvalue weighted by Crippen LogP contribution is 2.51. The van der Waals surface area contributed by atoms with Crippen LogP contribution in [0.2, 0.25) is 0 Å². The van der Waals surface area contributed by atoms with Crippen LogP contribution in [0, 0.1) is 0 Å². The third kappa shape index (κ3) is 7.35. The van der Waals surface area contributed by atoms with E-state index in [1.807, 2.05) is 105 Å². The average Bonchev–Trinajstić information content (AvgIpc) is 3.48. The first-order valence-electron chi connectivity index (χ1n) is 14.2. The van der Waals surface area contributed by atoms with Crippen molar-refractivity contribution in [2.24, 2.45) is 4.99 Å². The number of thioether (sulfide) groups is 2. The van der Waals surface area contributed by atoms with Crippen LogP contribution in [-0.2, 0) is 16.1 Å². The zero-order valence-corrected chi connectivity index (χ0v) is 27.5. The monoisotopic (exact) mass is 650 g/mol. The molecule has 44 heavy (non-hydrogen) atoms. The van der Waals surface area contributed by atoms with E-state index < -0.39 is 0 Å². The number of hydrogen-bond donors (Lipinski definition) is 2. The van der Waals surface area contributed by atoms with Gasteiger partial charge in [-0.3, -0.25) is 14.5 Å². The lowest BCUT2D eigenvalue weighted by molar-refractivity contribution is -0.122. The zero-order chi connectivity index (χ0) is 31.2. The maximum Gasteiger partial charge on any atom is 0.269 e. The molecule has 3 aromatic carbocycles. The summed E-state index contributed by atoms with van der Waals surface area (Å²) in [6.07, 6.45) is 0. The van der Waals surface area contributed by atoms with Gasteiger partial charge in [-0.25, -0.2) is 4.99 Å². The number of rotatable bonds is 11. The summed E-state index contributed by atoms with van der Waals surface area (Å²) in [7, 11) is 5.65. The molecule has 5 rings (SSSR count). The van der Waals surface area contributed by atoms with Gasteiger partial charge in [-0.05, 0) is 68.7 Å². The molecule has 0 aromatic heterocycles. The van der Waals surface area contributed by atoms with Gasteiger partial charge < -0.3 is 25.2 Å². The van der Waals surface area contributed by atoms with Gasteiger partial charge in [0, 0.05) is 30.2 Å². The molecule has 0 atom stereocenters. The highest BCUT2D eigenvalue weighted by Gasteiger charge is 2.39. The van der Waals surface area contributed by atoms with E-state index in [4.69, 9.17) is 21.3 Å². The van der Waals surface area contributed by atoms with Crippen LogP contribution in [0.1, 0.15) is 12.5 Å². The number of halogens is 1. The van der Waals surface area contributed by atoms with Crippen molar-refractivity contribution >= 4 is 74.9 Å². The van der Waals surface area contributed by atoms with Crippen molar-refractivity contribution in [2.45, 2.75) is 18.4 Å². The van der Waals surface area contributed by atoms with Crippen molar-refractivity contribution in [3.05, 3.63) is 82.2 Å². The van der Waals surface area contributed by atoms with Crippen LogP contribution < -0.4 is 20.3 Å². The quantitative estimate of drug-likeness (QED) is 0.182. The van der Waals surface area contributed by atoms with Gasteiger partial charge >= 0.3 is 0 Å². The Hall–Kier alpha value is -3.64. The molecule has 2 aliphatic heterocycles. The third-order valence-corrected chi connectivity index (χ3v) is 9.30. The molecular weight excluding hydrogens is 616 g/mol. The molecule has 0 aliphatic carbocycles. The summed E-state index contributed by atoms with van der Waals surface area (Å²) in [5.74, 6) is 0.904. The van der Waals surface area contributed by atoms with E-state index >= 15 is 0 Å². The average molecular weight is 651 g/mol. The summed E-state index contributed by atoms with van der Waals surface area (Å²) < 4.78 is 5.74. The number of amidine groups is 1. The number of carbonyl (C=O) groups is 2. The van der Waals surface area contributed by atoms with Crippen LogP contribution in [0.4, 0.5) is 22.7 Å². The predicted molar refractivity (Wildman–Crippen MR) is 183 cm³/mol. The number of anilines is 3. The topological polar surface area (TPSA) is 89.5 Å². The Morgan fingerprint density at radius 2 is 1.86 bits per heavy atom. The SMILES string of the molecule is CCNc1ccc(NC(=O)CN(C)C)cc1N=C1S/C(=C2\Sc3ccc(OCCCl)cc3N2C)C(=O)N1Cc1ccccc1. The molecule has 2 aliphatic rings. The molecule has 0 saturated carbocycles. The second-order valence-electron chi connectivity index (χ2n) is 10.4. The molecule has 0 unspecified atom stereocenters. The smallest absolute Gasteiger partial charge is 0.269 e. The van der Waals surface area contributed by atoms with Crippen molar-refractivity contribution in [3.63, 3.8) is 0 Å². The molecule has 0 radical (unpaired) electrons. The summed E-state index contributed by atoms with van der Waals surface area (Å²) in [5.41, 5.74) is 4.03. The summed E-state index contributed by atoms with van der Waals surface area (Å²) in [6.45, 7) is 3.76. The number of hydrogen-bond acceptors (Lipinski definition) is 9. The third-order valence-electron chi connectivity index (χ3n) is 6.71. The Bertz CT molecular complexity index is 1600. The number of ether oxygens (including phenoxy) is 1. The van der Waals surface area contributed by atoms with Gasteiger partial charge in [0.1, 0.15) is 17.3 Å². The van der Waals surface area contributed by atoms with E-state index in [2.05, 4.69) is 10.6 Å². The molecule has 9 nitrogen and oxygen atoms in total. The van der Waals surface area contributed by atoms with Gasteiger partial charge in [-0.2, -0.15) is 0 Å². The molecule has 0 bridgehead atoms. The Morgan fingerprint density at radius 3 is 2.59 bits per heavy atom. The van der Waals surface area contributed by atoms with E-state index in [1.165, 1.54) is 11.8 Å². The van der Waals surface area contributed by atoms with Crippen molar-refractivity contribution in [3.8, 4) is 5.75 Å². The maximum absolute atomic E-state index is 14.1. The summed E-state index contributed by atoms with van der Waals surface area (Å²) in [4.78, 5) is 38.9. The van der Waals surface area contributed by atoms with Gasteiger partial charge in [0.15, 0.2) is 5.17 Å². The molecule has 12 heteroatoms. The predicted octanol–water partition coefficient (Wildman–Crippen LogP) is 6.41. The first-order valence-corrected chi connectivity index (χ1v) is 16.4. The molecule has 0 spiro atoms. The summed E-state index contributed by atoms with van der Waals surface area (Å²) in [6, 6.07) is 21.4. The van der Waals surface area contributed by atoms with Gasteiger partial charge in [0.25, 0.3) is 5.91 Å². The van der Waals surface area contributed by atoms with E-state index in [9.17, 15) is 9.59 Å². The van der Waals surface area contributed by atoms with Gasteiger partial charge in [-0.15, -0.1) is 11.6 Å². The van der Waals surface area contributed by atoms with Crippen molar-refractivity contribution < 1.29 is 14.3 Å². The zero-order valence-electron chi connectivity index (χ0n) is 25.1. The van der Waals surface area contributed by atoms with Gasteiger partial charge in [0.05, 0.1) is 41.1 Å². The second kappa shape index (κ2) is 14.4. The Labute approximate surface area is 271 Å². The Balaban J connectivity index is 1.53. The minimum atomic E-state index is -0.120. The van der Waals surface area contributed by atoms with E-state index in [0.29, 0.717) is 47.0 Å². The number of benzene rings is 3. The number of nitrogens with zero attached hydrogens (tertiary/aromatic N) is 4. The lowest BCUT2D eigenvalue weighted by Crippen LogP contribution is -2.29. The fourth-order valence-electron chi connectivity index (χ4n) is 4.73. The molecular formula is C32H35ClN6O3S2. The summed E-state index contributed by atoms with van der Waals surface area (Å²) >= 11 is 8.73. The van der Waals surface area contributed by atoms with Crippen molar-refractivity contribution in [1.82, 2.24) is 9.80 Å². The number of aliphatic imine (C=N–C) groups is 1. The molecule has 2 heterocycles. The number of amides is 2. The Morgan fingerprint density at radius 1 is 1.07 bits per heavy atom. The number of nitrogens with one attached hydrogen (secondary N) is 2. The fraction of sp³-hybridized carbons (Fsp3) is 0.281. The van der Waals surface area contributed by atoms with Crippen LogP contribution in [0.3, 0.4) is 0 Å². The van der Waals surface area contributed by atoms with E-state index in [-0.39, 0.29) is 18.4 Å². The maximum atomic E-state index is 14.1. The van der Waals surface area contributed by atoms with Crippen LogP contribution in [-0.4, -0.2) is 73.5 Å². The number of fused-ring (bicyclic) bond motifs is 1. The molecule has 2 N–H and O–H groups in total. The molecule has 1 saturated heterocycles. The first-order chi connectivity index (χ1) is 21.3. The number of likely N-dealkylation sites (N-methyl/N-ethyl adjacent to an activating group) is 1. The van der Waals surface area contributed by atoms with Gasteiger partial charge in [-0.1, -0.05) is 42.1 Å². The first kappa shape index (κ1) is 31.8. The highest BCUT2D eigenvalue weighted by atomic mass is 35.5. The van der Waals surface area contributed by atoms with Crippen molar-refractivity contribution in [2.75, 3.05) is 62.3 Å². The van der Waals surface area contributed by atoms with E-state index in [1.54, 1.807) is 16.7 Å². The number of alkyl halides is 1. The van der Waals surface area contributed by atoms with Crippen LogP contribution in [0.5, 0.6) is 5.75 Å². The summed E-state index contributed by atoms with van der Waals surface area (Å²) in [5, 5.41) is 7.71. The normalized spacial score (nSPS) is 17.0. The minimum Gasteiger partial charge on any atom is -0.492 e. The van der Waals surface area contributed by atoms with E-state index in [0.717, 1.165) is 32.6 Å². The van der Waals surface area contributed by atoms with Crippen LogP contribution in [0.25, 0.3) is 0 Å². The highest BCUT2D eigenvalue weighted by molar-refractivity contribution is 8.19. The lowest BCUT2D eigenvalue weighted by Gasteiger charge is -2.18. The standard InChI is InChI=1S/C32H35ClN6O3S2/c1-5-34-24-13-11-22(35-28(40)20-37(2)3)17-25(24)36-32-39(19-21-9-7-6-8-10-21)30(41)29(44-32)31-38(4)26-18-23(42-16-15-33)12-14-27(26)43-31/h6-14,17-18,34H,5,15-16,19-20H2,1-4H3,(H,35,40)/b31-29-,36-32?. The largest absolute Gasteiger partial charge is 0.492 e. The number of carbonyl (C=O) groups excluding carboxylic acids is 2. The lowest BCUT2D eigenvalue weighted by atomic mass is 10.2. The van der Waals surface area contributed by atoms with Crippen molar-refractivity contribution in [1.29, 1.82) is 0 Å². The fourth-order valence-corrected chi connectivity index (χ4v) is 7.12. The molecule has 3 aromatic rings. The van der Waals surface area contributed by atoms with Crippen LogP contribution >= 0.6 is 35.1 Å². The van der Waals surface area contributed by atoms with Crippen LogP contribution in [0.15, 0.2) is 86.6 Å². The molecule has 230 valence electrons.